The predicted molar refractivity (Wildman–Crippen MR) is 95.0 cm³/mol. The van der Waals surface area contributed by atoms with E-state index >= 15 is 0 Å². The third kappa shape index (κ3) is 2.89. The molecular formula is C21H28O3. The third-order valence-corrected chi connectivity index (χ3v) is 6.12. The molecule has 1 spiro atoms. The Morgan fingerprint density at radius 3 is 2.75 bits per heavy atom. The molecule has 3 heteroatoms. The molecule has 0 saturated carbocycles. The van der Waals surface area contributed by atoms with Crippen LogP contribution in [0.2, 0.25) is 0 Å². The molecule has 1 aliphatic heterocycles. The quantitative estimate of drug-likeness (QED) is 0.754. The molecule has 130 valence electrons. The van der Waals surface area contributed by atoms with E-state index in [0.717, 1.165) is 44.6 Å². The standard InChI is InChI=1S/C21H28O3/c1-15-9-11-21(23-12-13-24-21)10-3-4-20-18(15)7-5-16-14-17(22-2)6-8-19(16)20/h4,6,8,14-15,18H,3,5,7,9-13H2,1-2H3/b20-4+/t15-,18-/m0/s1. The molecule has 0 unspecified atom stereocenters. The Balaban J connectivity index is 1.66. The highest BCUT2D eigenvalue weighted by molar-refractivity contribution is 5.72. The monoisotopic (exact) mass is 328 g/mol. The zero-order valence-electron chi connectivity index (χ0n) is 14.8. The molecule has 0 N–H and O–H groups in total. The lowest BCUT2D eigenvalue weighted by atomic mass is 9.72. The predicted octanol–water partition coefficient (Wildman–Crippen LogP) is 4.59. The maximum Gasteiger partial charge on any atom is 0.168 e. The zero-order valence-corrected chi connectivity index (χ0v) is 14.8. The van der Waals surface area contributed by atoms with Gasteiger partial charge in [-0.2, -0.15) is 0 Å². The Morgan fingerprint density at radius 1 is 1.12 bits per heavy atom. The number of rotatable bonds is 1. The largest absolute Gasteiger partial charge is 0.497 e. The van der Waals surface area contributed by atoms with Crippen LogP contribution in [0.5, 0.6) is 5.75 Å². The van der Waals surface area contributed by atoms with E-state index in [0.29, 0.717) is 11.8 Å². The minimum atomic E-state index is -0.318. The van der Waals surface area contributed by atoms with Crippen LogP contribution in [0.4, 0.5) is 0 Å². The Kier molecular flexibility index (Phi) is 4.40. The third-order valence-electron chi connectivity index (χ3n) is 6.12. The molecule has 0 aromatic heterocycles. The van der Waals surface area contributed by atoms with Crippen LogP contribution in [0.3, 0.4) is 0 Å². The molecule has 24 heavy (non-hydrogen) atoms. The van der Waals surface area contributed by atoms with Crippen molar-refractivity contribution in [2.75, 3.05) is 20.3 Å². The summed E-state index contributed by atoms with van der Waals surface area (Å²) in [7, 11) is 1.75. The average molecular weight is 328 g/mol. The van der Waals surface area contributed by atoms with Gasteiger partial charge in [0.15, 0.2) is 5.79 Å². The molecule has 2 atom stereocenters. The van der Waals surface area contributed by atoms with E-state index in [1.807, 2.05) is 0 Å². The van der Waals surface area contributed by atoms with Gasteiger partial charge in [0.05, 0.1) is 20.3 Å². The van der Waals surface area contributed by atoms with Crippen LogP contribution < -0.4 is 4.74 Å². The number of hydrogen-bond donors (Lipinski definition) is 0. The van der Waals surface area contributed by atoms with E-state index in [1.54, 1.807) is 12.7 Å². The normalized spacial score (nSPS) is 31.2. The smallest absolute Gasteiger partial charge is 0.168 e. The Hall–Kier alpha value is -1.32. The molecule has 3 nitrogen and oxygen atoms in total. The minimum absolute atomic E-state index is 0.318. The summed E-state index contributed by atoms with van der Waals surface area (Å²) in [4.78, 5) is 0. The van der Waals surface area contributed by atoms with Crippen molar-refractivity contribution < 1.29 is 14.2 Å². The Labute approximate surface area is 145 Å². The van der Waals surface area contributed by atoms with E-state index < -0.39 is 0 Å². The first-order valence-electron chi connectivity index (χ1n) is 9.36. The lowest BCUT2D eigenvalue weighted by Gasteiger charge is -2.33. The van der Waals surface area contributed by atoms with Crippen LogP contribution in [0.1, 0.15) is 50.2 Å². The molecule has 3 aliphatic rings. The van der Waals surface area contributed by atoms with Gasteiger partial charge in [0.2, 0.25) is 0 Å². The van der Waals surface area contributed by atoms with Crippen molar-refractivity contribution in [3.05, 3.63) is 35.4 Å². The number of fused-ring (bicyclic) bond motifs is 3. The molecular weight excluding hydrogens is 300 g/mol. The van der Waals surface area contributed by atoms with E-state index in [1.165, 1.54) is 24.0 Å². The Bertz CT molecular complexity index is 628. The number of hydrogen-bond acceptors (Lipinski definition) is 3. The van der Waals surface area contributed by atoms with Gasteiger partial charge in [-0.3, -0.25) is 0 Å². The summed E-state index contributed by atoms with van der Waals surface area (Å²) in [6.45, 7) is 3.90. The van der Waals surface area contributed by atoms with Crippen LogP contribution in [-0.4, -0.2) is 26.1 Å². The lowest BCUT2D eigenvalue weighted by Crippen LogP contribution is -2.30. The average Bonchev–Trinajstić information content (AvgIpc) is 3.09. The van der Waals surface area contributed by atoms with E-state index in [2.05, 4.69) is 31.2 Å². The van der Waals surface area contributed by atoms with Crippen molar-refractivity contribution in [1.29, 1.82) is 0 Å². The van der Waals surface area contributed by atoms with Crippen LogP contribution in [0.15, 0.2) is 24.3 Å². The van der Waals surface area contributed by atoms with Gasteiger partial charge in [-0.1, -0.05) is 19.1 Å². The van der Waals surface area contributed by atoms with Crippen LogP contribution >= 0.6 is 0 Å². The lowest BCUT2D eigenvalue weighted by molar-refractivity contribution is -0.168. The van der Waals surface area contributed by atoms with Gasteiger partial charge >= 0.3 is 0 Å². The number of allylic oxidation sites excluding steroid dienone is 2. The minimum Gasteiger partial charge on any atom is -0.497 e. The molecule has 0 radical (unpaired) electrons. The van der Waals surface area contributed by atoms with E-state index in [9.17, 15) is 0 Å². The van der Waals surface area contributed by atoms with Crippen molar-refractivity contribution in [3.8, 4) is 5.75 Å². The van der Waals surface area contributed by atoms with Gasteiger partial charge in [0.25, 0.3) is 0 Å². The van der Waals surface area contributed by atoms with Crippen LogP contribution in [-0.2, 0) is 15.9 Å². The number of benzene rings is 1. The fourth-order valence-corrected chi connectivity index (χ4v) is 4.71. The first-order valence-corrected chi connectivity index (χ1v) is 9.36. The summed E-state index contributed by atoms with van der Waals surface area (Å²) in [5.74, 6) is 1.97. The van der Waals surface area contributed by atoms with Crippen molar-refractivity contribution in [2.24, 2.45) is 11.8 Å². The second kappa shape index (κ2) is 6.53. The molecule has 1 fully saturated rings. The maximum absolute atomic E-state index is 6.01. The van der Waals surface area contributed by atoms with Gasteiger partial charge in [-0.25, -0.2) is 0 Å². The number of methoxy groups -OCH3 is 1. The zero-order chi connectivity index (χ0) is 16.6. The highest BCUT2D eigenvalue weighted by Gasteiger charge is 2.38. The van der Waals surface area contributed by atoms with E-state index in [-0.39, 0.29) is 5.79 Å². The highest BCUT2D eigenvalue weighted by Crippen LogP contribution is 2.45. The molecule has 1 aromatic carbocycles. The van der Waals surface area contributed by atoms with Crippen molar-refractivity contribution in [1.82, 2.24) is 0 Å². The fourth-order valence-electron chi connectivity index (χ4n) is 4.71. The number of aryl methyl sites for hydroxylation is 1. The molecule has 1 saturated heterocycles. The van der Waals surface area contributed by atoms with Crippen molar-refractivity contribution in [3.63, 3.8) is 0 Å². The highest BCUT2D eigenvalue weighted by atomic mass is 16.7. The van der Waals surface area contributed by atoms with Gasteiger partial charge in [-0.05, 0) is 66.4 Å². The summed E-state index contributed by atoms with van der Waals surface area (Å²) in [6, 6.07) is 6.58. The SMILES string of the molecule is COc1ccc2c(c1)CC[C@@H]1/C2=C\CCC2(CC[C@@H]1C)OCCO2. The fraction of sp³-hybridized carbons (Fsp3) is 0.619. The Morgan fingerprint density at radius 2 is 1.96 bits per heavy atom. The van der Waals surface area contributed by atoms with E-state index in [4.69, 9.17) is 14.2 Å². The molecule has 1 heterocycles. The topological polar surface area (TPSA) is 27.7 Å². The molecule has 4 rings (SSSR count). The van der Waals surface area contributed by atoms with Gasteiger partial charge in [0.1, 0.15) is 5.75 Å². The summed E-state index contributed by atoms with van der Waals surface area (Å²) in [5.41, 5.74) is 4.41. The van der Waals surface area contributed by atoms with Gasteiger partial charge < -0.3 is 14.2 Å². The van der Waals surface area contributed by atoms with Crippen molar-refractivity contribution in [2.45, 2.75) is 51.2 Å². The molecule has 0 amide bonds. The van der Waals surface area contributed by atoms with Gasteiger partial charge in [-0.15, -0.1) is 0 Å². The summed E-state index contributed by atoms with van der Waals surface area (Å²) >= 11 is 0. The van der Waals surface area contributed by atoms with Gasteiger partial charge in [0, 0.05) is 12.8 Å². The first kappa shape index (κ1) is 16.2. The van der Waals surface area contributed by atoms with Crippen molar-refractivity contribution >= 4 is 5.57 Å². The second-order valence-electron chi connectivity index (χ2n) is 7.49. The maximum atomic E-state index is 6.01. The second-order valence-corrected chi connectivity index (χ2v) is 7.49. The summed E-state index contributed by atoms with van der Waals surface area (Å²) < 4.78 is 17.4. The molecule has 0 bridgehead atoms. The van der Waals surface area contributed by atoms with Crippen LogP contribution in [0, 0.1) is 11.8 Å². The summed E-state index contributed by atoms with van der Waals surface area (Å²) in [5, 5.41) is 0. The number of ether oxygens (including phenoxy) is 3. The first-order chi connectivity index (χ1) is 11.7. The molecule has 1 aromatic rings. The molecule has 2 aliphatic carbocycles. The van der Waals surface area contributed by atoms with Crippen LogP contribution in [0.25, 0.3) is 5.57 Å². The summed E-state index contributed by atoms with van der Waals surface area (Å²) in [6.07, 6.45) is 9.06.